The first-order valence-electron chi connectivity index (χ1n) is 5.44. The summed E-state index contributed by atoms with van der Waals surface area (Å²) in [6, 6.07) is 7.05. The van der Waals surface area contributed by atoms with E-state index in [4.69, 9.17) is 0 Å². The molecule has 0 saturated carbocycles. The summed E-state index contributed by atoms with van der Waals surface area (Å²) in [6.45, 7) is 6.35. The molecule has 0 aliphatic carbocycles. The Balaban J connectivity index is 3.05. The molecule has 0 aromatic heterocycles. The van der Waals surface area contributed by atoms with Crippen molar-refractivity contribution >= 4 is 15.5 Å². The van der Waals surface area contributed by atoms with Crippen LogP contribution in [0.15, 0.2) is 29.2 Å². The molecule has 1 rings (SSSR count). The highest BCUT2D eigenvalue weighted by molar-refractivity contribution is 7.92. The molecule has 3 nitrogen and oxygen atoms in total. The van der Waals surface area contributed by atoms with Crippen LogP contribution in [-0.2, 0) is 9.84 Å². The number of hydrogen-bond acceptors (Lipinski definition) is 3. The second kappa shape index (κ2) is 4.87. The first-order valence-corrected chi connectivity index (χ1v) is 6.99. The summed E-state index contributed by atoms with van der Waals surface area (Å²) in [7, 11) is -1.17. The SMILES string of the molecule is CCN(C)c1ccc(S(=O)(=O)C(C)C)cc1. The third-order valence-corrected chi connectivity index (χ3v) is 4.87. The highest BCUT2D eigenvalue weighted by atomic mass is 32.2. The van der Waals surface area contributed by atoms with Crippen LogP contribution in [0, 0.1) is 0 Å². The lowest BCUT2D eigenvalue weighted by Crippen LogP contribution is -2.17. The van der Waals surface area contributed by atoms with E-state index in [1.165, 1.54) is 0 Å². The quantitative estimate of drug-likeness (QED) is 0.812. The van der Waals surface area contributed by atoms with Gasteiger partial charge in [0.2, 0.25) is 0 Å². The van der Waals surface area contributed by atoms with E-state index in [1.54, 1.807) is 26.0 Å². The molecule has 1 aromatic rings. The van der Waals surface area contributed by atoms with Gasteiger partial charge in [0.1, 0.15) is 0 Å². The fourth-order valence-electron chi connectivity index (χ4n) is 1.35. The molecule has 90 valence electrons. The Morgan fingerprint density at radius 3 is 2.06 bits per heavy atom. The smallest absolute Gasteiger partial charge is 0.180 e. The van der Waals surface area contributed by atoms with Crippen LogP contribution in [0.1, 0.15) is 20.8 Å². The Bertz CT molecular complexity index is 435. The Labute approximate surface area is 98.0 Å². The number of benzene rings is 1. The first kappa shape index (κ1) is 13.0. The summed E-state index contributed by atoms with van der Waals surface area (Å²) in [5.41, 5.74) is 1.03. The van der Waals surface area contributed by atoms with E-state index in [9.17, 15) is 8.42 Å². The van der Waals surface area contributed by atoms with Gasteiger partial charge in [-0.15, -0.1) is 0 Å². The lowest BCUT2D eigenvalue weighted by atomic mass is 10.3. The minimum atomic E-state index is -3.14. The van der Waals surface area contributed by atoms with Crippen molar-refractivity contribution in [1.82, 2.24) is 0 Å². The summed E-state index contributed by atoms with van der Waals surface area (Å²) < 4.78 is 23.7. The van der Waals surface area contributed by atoms with E-state index < -0.39 is 9.84 Å². The predicted octanol–water partition coefficient (Wildman–Crippen LogP) is 2.32. The molecule has 4 heteroatoms. The molecule has 0 atom stereocenters. The van der Waals surface area contributed by atoms with Gasteiger partial charge in [-0.2, -0.15) is 0 Å². The Kier molecular flexibility index (Phi) is 3.97. The minimum absolute atomic E-state index is 0.373. The maximum Gasteiger partial charge on any atom is 0.180 e. The number of sulfone groups is 1. The molecule has 0 aliphatic heterocycles. The van der Waals surface area contributed by atoms with Gasteiger partial charge in [0.15, 0.2) is 9.84 Å². The second-order valence-corrected chi connectivity index (χ2v) is 6.61. The summed E-state index contributed by atoms with van der Waals surface area (Å²) in [5.74, 6) is 0. The van der Waals surface area contributed by atoms with Crippen molar-refractivity contribution in [3.63, 3.8) is 0 Å². The number of rotatable bonds is 4. The van der Waals surface area contributed by atoms with Crippen molar-refractivity contribution < 1.29 is 8.42 Å². The van der Waals surface area contributed by atoms with Crippen LogP contribution in [0.5, 0.6) is 0 Å². The number of hydrogen-bond donors (Lipinski definition) is 0. The van der Waals surface area contributed by atoms with Gasteiger partial charge in [-0.05, 0) is 45.0 Å². The van der Waals surface area contributed by atoms with Crippen molar-refractivity contribution in [1.29, 1.82) is 0 Å². The standard InChI is InChI=1S/C12H19NO2S/c1-5-13(4)11-6-8-12(9-7-11)16(14,15)10(2)3/h6-10H,5H2,1-4H3. The first-order chi connectivity index (χ1) is 7.39. The third kappa shape index (κ3) is 2.55. The van der Waals surface area contributed by atoms with Gasteiger partial charge < -0.3 is 4.90 Å². The van der Waals surface area contributed by atoms with E-state index in [-0.39, 0.29) is 5.25 Å². The van der Waals surface area contributed by atoms with Crippen LogP contribution in [0.25, 0.3) is 0 Å². The maximum absolute atomic E-state index is 11.9. The monoisotopic (exact) mass is 241 g/mol. The molecule has 0 spiro atoms. The normalized spacial score (nSPS) is 11.8. The number of nitrogens with zero attached hydrogens (tertiary/aromatic N) is 1. The topological polar surface area (TPSA) is 37.4 Å². The average Bonchev–Trinajstić information content (AvgIpc) is 2.28. The molecule has 16 heavy (non-hydrogen) atoms. The van der Waals surface area contributed by atoms with E-state index in [0.717, 1.165) is 12.2 Å². The minimum Gasteiger partial charge on any atom is -0.375 e. The number of anilines is 1. The van der Waals surface area contributed by atoms with Gasteiger partial charge in [0.05, 0.1) is 10.1 Å². The second-order valence-electron chi connectivity index (χ2n) is 4.10. The van der Waals surface area contributed by atoms with E-state index in [0.29, 0.717) is 4.90 Å². The zero-order valence-corrected chi connectivity index (χ0v) is 11.1. The Morgan fingerprint density at radius 2 is 1.69 bits per heavy atom. The van der Waals surface area contributed by atoms with Crippen LogP contribution in [0.3, 0.4) is 0 Å². The fraction of sp³-hybridized carbons (Fsp3) is 0.500. The van der Waals surface area contributed by atoms with E-state index in [2.05, 4.69) is 11.8 Å². The fourth-order valence-corrected chi connectivity index (χ4v) is 2.40. The summed E-state index contributed by atoms with van der Waals surface area (Å²) >= 11 is 0. The van der Waals surface area contributed by atoms with Crippen LogP contribution >= 0.6 is 0 Å². The molecule has 0 fully saturated rings. The molecule has 0 unspecified atom stereocenters. The predicted molar refractivity (Wildman–Crippen MR) is 67.7 cm³/mol. The van der Waals surface area contributed by atoms with Crippen molar-refractivity contribution in [2.45, 2.75) is 30.9 Å². The van der Waals surface area contributed by atoms with Crippen molar-refractivity contribution in [2.24, 2.45) is 0 Å². The van der Waals surface area contributed by atoms with Crippen LogP contribution in [-0.4, -0.2) is 27.3 Å². The average molecular weight is 241 g/mol. The highest BCUT2D eigenvalue weighted by Crippen LogP contribution is 2.20. The summed E-state index contributed by atoms with van der Waals surface area (Å²) in [5, 5.41) is -0.373. The van der Waals surface area contributed by atoms with Crippen molar-refractivity contribution in [3.05, 3.63) is 24.3 Å². The largest absolute Gasteiger partial charge is 0.375 e. The molecular weight excluding hydrogens is 222 g/mol. The van der Waals surface area contributed by atoms with Crippen molar-refractivity contribution in [2.75, 3.05) is 18.5 Å². The van der Waals surface area contributed by atoms with Crippen LogP contribution in [0.4, 0.5) is 5.69 Å². The Morgan fingerprint density at radius 1 is 1.19 bits per heavy atom. The van der Waals surface area contributed by atoms with Gasteiger partial charge in [-0.25, -0.2) is 8.42 Å². The van der Waals surface area contributed by atoms with Crippen LogP contribution < -0.4 is 4.90 Å². The lowest BCUT2D eigenvalue weighted by Gasteiger charge is -2.17. The molecule has 0 aliphatic rings. The van der Waals surface area contributed by atoms with Gasteiger partial charge in [-0.1, -0.05) is 0 Å². The molecule has 0 heterocycles. The van der Waals surface area contributed by atoms with E-state index in [1.807, 2.05) is 19.2 Å². The maximum atomic E-state index is 11.9. The van der Waals surface area contributed by atoms with Crippen molar-refractivity contribution in [3.8, 4) is 0 Å². The summed E-state index contributed by atoms with van der Waals surface area (Å²) in [6.07, 6.45) is 0. The third-order valence-electron chi connectivity index (χ3n) is 2.70. The van der Waals surface area contributed by atoms with Gasteiger partial charge in [-0.3, -0.25) is 0 Å². The molecule has 1 aromatic carbocycles. The van der Waals surface area contributed by atoms with Gasteiger partial charge in [0, 0.05) is 19.3 Å². The Hall–Kier alpha value is -1.03. The van der Waals surface area contributed by atoms with E-state index >= 15 is 0 Å². The van der Waals surface area contributed by atoms with Crippen LogP contribution in [0.2, 0.25) is 0 Å². The molecule has 0 N–H and O–H groups in total. The lowest BCUT2D eigenvalue weighted by molar-refractivity contribution is 0.587. The molecular formula is C12H19NO2S. The van der Waals surface area contributed by atoms with Gasteiger partial charge in [0.25, 0.3) is 0 Å². The molecule has 0 bridgehead atoms. The molecule has 0 radical (unpaired) electrons. The summed E-state index contributed by atoms with van der Waals surface area (Å²) in [4.78, 5) is 2.46. The zero-order valence-electron chi connectivity index (χ0n) is 10.3. The zero-order chi connectivity index (χ0) is 12.3. The van der Waals surface area contributed by atoms with Gasteiger partial charge >= 0.3 is 0 Å². The molecule has 0 saturated heterocycles. The molecule has 0 amide bonds. The highest BCUT2D eigenvalue weighted by Gasteiger charge is 2.18.